The number of benzene rings is 3. The molecule has 5 rings (SSSR count). The fourth-order valence-corrected chi connectivity index (χ4v) is 6.24. The van der Waals surface area contributed by atoms with Crippen molar-refractivity contribution in [2.24, 2.45) is 0 Å². The minimum absolute atomic E-state index is 0.0946. The van der Waals surface area contributed by atoms with Gasteiger partial charge in [0.2, 0.25) is 5.91 Å². The van der Waals surface area contributed by atoms with E-state index >= 15 is 0 Å². The van der Waals surface area contributed by atoms with Crippen LogP contribution in [0.3, 0.4) is 0 Å². The van der Waals surface area contributed by atoms with Crippen LogP contribution in [-0.4, -0.2) is 64.4 Å². The lowest BCUT2D eigenvalue weighted by molar-refractivity contribution is -0.150. The predicted molar refractivity (Wildman–Crippen MR) is 148 cm³/mol. The van der Waals surface area contributed by atoms with Crippen LogP contribution in [0.15, 0.2) is 78.9 Å². The van der Waals surface area contributed by atoms with Gasteiger partial charge in [0.25, 0.3) is 0 Å². The van der Waals surface area contributed by atoms with E-state index in [9.17, 15) is 19.5 Å². The summed E-state index contributed by atoms with van der Waals surface area (Å²) in [5, 5.41) is 12.3. The molecule has 3 aromatic carbocycles. The van der Waals surface area contributed by atoms with Crippen LogP contribution < -0.4 is 5.32 Å². The van der Waals surface area contributed by atoms with Crippen molar-refractivity contribution in [3.05, 3.63) is 95.6 Å². The Hall–Kier alpha value is -3.82. The largest absolute Gasteiger partial charge is 0.480 e. The van der Waals surface area contributed by atoms with Crippen LogP contribution >= 0.6 is 11.8 Å². The first-order chi connectivity index (χ1) is 18.9. The third-order valence-corrected chi connectivity index (χ3v) is 8.17. The number of hydrogen-bond acceptors (Lipinski definition) is 6. The fourth-order valence-electron chi connectivity index (χ4n) is 5.09. The van der Waals surface area contributed by atoms with E-state index in [1.807, 2.05) is 66.7 Å². The quantitative estimate of drug-likeness (QED) is 0.408. The van der Waals surface area contributed by atoms with Crippen LogP contribution in [0.4, 0.5) is 4.79 Å². The normalized spacial score (nSPS) is 17.7. The highest BCUT2D eigenvalue weighted by Crippen LogP contribution is 2.44. The summed E-state index contributed by atoms with van der Waals surface area (Å²) >= 11 is 1.36. The van der Waals surface area contributed by atoms with Gasteiger partial charge in [-0.2, -0.15) is 0 Å². The SMILES string of the molecule is C[C@H](OCc1ccccc1)[C@@H](NC(=O)OCC1c2ccccc2-c2ccccc21)C(=O)N1CSC[C@H]1C(=O)O. The molecule has 8 nitrogen and oxygen atoms in total. The molecule has 2 N–H and O–H groups in total. The van der Waals surface area contributed by atoms with Crippen molar-refractivity contribution < 1.29 is 29.0 Å². The molecule has 2 amide bonds. The molecule has 39 heavy (non-hydrogen) atoms. The number of aliphatic carboxylic acids is 1. The molecule has 0 radical (unpaired) electrons. The van der Waals surface area contributed by atoms with E-state index in [4.69, 9.17) is 9.47 Å². The zero-order valence-corrected chi connectivity index (χ0v) is 22.3. The Labute approximate surface area is 231 Å². The number of carboxylic acids is 1. The van der Waals surface area contributed by atoms with Gasteiger partial charge in [-0.25, -0.2) is 9.59 Å². The van der Waals surface area contributed by atoms with Crippen molar-refractivity contribution in [2.75, 3.05) is 18.2 Å². The molecule has 3 atom stereocenters. The summed E-state index contributed by atoms with van der Waals surface area (Å²) in [5.74, 6) is -1.20. The van der Waals surface area contributed by atoms with E-state index in [-0.39, 0.29) is 30.8 Å². The molecule has 0 aromatic heterocycles. The number of carbonyl (C=O) groups excluding carboxylic acids is 2. The number of thioether (sulfide) groups is 1. The number of amides is 2. The summed E-state index contributed by atoms with van der Waals surface area (Å²) in [6.45, 7) is 2.01. The lowest BCUT2D eigenvalue weighted by atomic mass is 9.98. The van der Waals surface area contributed by atoms with Crippen LogP contribution in [0, 0.1) is 0 Å². The third kappa shape index (κ3) is 5.79. The molecule has 0 bridgehead atoms. The van der Waals surface area contributed by atoms with E-state index in [1.165, 1.54) is 16.7 Å². The van der Waals surface area contributed by atoms with E-state index < -0.39 is 36.2 Å². The number of nitrogens with one attached hydrogen (secondary N) is 1. The maximum Gasteiger partial charge on any atom is 0.407 e. The molecule has 1 fully saturated rings. The van der Waals surface area contributed by atoms with Gasteiger partial charge in [-0.1, -0.05) is 78.9 Å². The second-order valence-corrected chi connectivity index (χ2v) is 10.6. The molecule has 1 aliphatic carbocycles. The van der Waals surface area contributed by atoms with Gasteiger partial charge < -0.3 is 24.8 Å². The molecule has 202 valence electrons. The maximum absolute atomic E-state index is 13.5. The summed E-state index contributed by atoms with van der Waals surface area (Å²) in [6.07, 6.45) is -1.50. The molecule has 1 aliphatic heterocycles. The Kier molecular flexibility index (Phi) is 8.18. The molecule has 9 heteroatoms. The zero-order valence-electron chi connectivity index (χ0n) is 21.5. The van der Waals surface area contributed by atoms with Gasteiger partial charge in [-0.15, -0.1) is 11.8 Å². The standard InChI is InChI=1S/C30H30N2O6S/c1-19(37-15-20-9-3-2-4-10-20)27(28(33)32-18-39-17-26(32)29(34)35)31-30(36)38-16-25-23-13-7-5-11-21(23)22-12-6-8-14-24(22)25/h2-14,19,25-27H,15-18H2,1H3,(H,31,36)(H,34,35)/t19-,26-,27+/m0/s1. The van der Waals surface area contributed by atoms with Crippen LogP contribution in [-0.2, 0) is 25.7 Å². The number of rotatable bonds is 9. The number of carboxylic acid groups (broad SMARTS) is 1. The Morgan fingerprint density at radius 2 is 1.59 bits per heavy atom. The van der Waals surface area contributed by atoms with Gasteiger partial charge >= 0.3 is 12.1 Å². The summed E-state index contributed by atoms with van der Waals surface area (Å²) in [5.41, 5.74) is 5.31. The highest BCUT2D eigenvalue weighted by Gasteiger charge is 2.40. The van der Waals surface area contributed by atoms with Crippen LogP contribution in [0.5, 0.6) is 0 Å². The molecule has 1 saturated heterocycles. The van der Waals surface area contributed by atoms with Crippen LogP contribution in [0.2, 0.25) is 0 Å². The first kappa shape index (κ1) is 26.8. The lowest BCUT2D eigenvalue weighted by Crippen LogP contribution is -2.56. The van der Waals surface area contributed by atoms with E-state index in [1.54, 1.807) is 6.92 Å². The molecule has 2 aliphatic rings. The molecule has 0 spiro atoms. The number of ether oxygens (including phenoxy) is 2. The highest BCUT2D eigenvalue weighted by molar-refractivity contribution is 7.99. The predicted octanol–water partition coefficient (Wildman–Crippen LogP) is 4.49. The number of fused-ring (bicyclic) bond motifs is 3. The summed E-state index contributed by atoms with van der Waals surface area (Å²) in [6, 6.07) is 23.5. The van der Waals surface area contributed by atoms with Gasteiger partial charge in [0.05, 0.1) is 18.6 Å². The molecular formula is C30H30N2O6S. The minimum atomic E-state index is -1.12. The second-order valence-electron chi connectivity index (χ2n) is 9.61. The first-order valence-corrected chi connectivity index (χ1v) is 14.0. The topological polar surface area (TPSA) is 105 Å². The van der Waals surface area contributed by atoms with E-state index in [0.29, 0.717) is 0 Å². The lowest BCUT2D eigenvalue weighted by Gasteiger charge is -2.30. The van der Waals surface area contributed by atoms with Gasteiger partial charge in [0, 0.05) is 11.7 Å². The van der Waals surface area contributed by atoms with Gasteiger partial charge in [-0.05, 0) is 34.7 Å². The van der Waals surface area contributed by atoms with Gasteiger partial charge in [0.15, 0.2) is 0 Å². The second kappa shape index (κ2) is 11.9. The molecule has 0 saturated carbocycles. The Morgan fingerprint density at radius 3 is 2.23 bits per heavy atom. The van der Waals surface area contributed by atoms with E-state index in [2.05, 4.69) is 17.4 Å². The van der Waals surface area contributed by atoms with Gasteiger partial charge in [-0.3, -0.25) is 4.79 Å². The van der Waals surface area contributed by atoms with Crippen molar-refractivity contribution in [1.29, 1.82) is 0 Å². The number of nitrogens with zero attached hydrogens (tertiary/aromatic N) is 1. The third-order valence-electron chi connectivity index (χ3n) is 7.16. The number of carbonyl (C=O) groups is 3. The zero-order chi connectivity index (χ0) is 27.4. The summed E-state index contributed by atoms with van der Waals surface area (Å²) < 4.78 is 11.6. The minimum Gasteiger partial charge on any atom is -0.480 e. The molecular weight excluding hydrogens is 516 g/mol. The monoisotopic (exact) mass is 546 g/mol. The Bertz CT molecular complexity index is 1300. The Balaban J connectivity index is 1.29. The highest BCUT2D eigenvalue weighted by atomic mass is 32.2. The first-order valence-electron chi connectivity index (χ1n) is 12.8. The molecule has 0 unspecified atom stereocenters. The molecule has 1 heterocycles. The van der Waals surface area contributed by atoms with Crippen molar-refractivity contribution >= 4 is 29.7 Å². The van der Waals surface area contributed by atoms with Crippen molar-refractivity contribution in [1.82, 2.24) is 10.2 Å². The van der Waals surface area contributed by atoms with Crippen molar-refractivity contribution in [2.45, 2.75) is 37.6 Å². The Morgan fingerprint density at radius 1 is 0.974 bits per heavy atom. The molecule has 3 aromatic rings. The van der Waals surface area contributed by atoms with E-state index in [0.717, 1.165) is 27.8 Å². The van der Waals surface area contributed by atoms with Crippen molar-refractivity contribution in [3.8, 4) is 11.1 Å². The number of hydrogen-bond donors (Lipinski definition) is 2. The fraction of sp³-hybridized carbons (Fsp3) is 0.300. The summed E-state index contributed by atoms with van der Waals surface area (Å²) in [7, 11) is 0. The number of alkyl carbamates (subject to hydrolysis) is 1. The van der Waals surface area contributed by atoms with Gasteiger partial charge in [0.1, 0.15) is 18.7 Å². The average molecular weight is 547 g/mol. The summed E-state index contributed by atoms with van der Waals surface area (Å²) in [4.78, 5) is 39.6. The average Bonchev–Trinajstić information content (AvgIpc) is 3.57. The van der Waals surface area contributed by atoms with Crippen LogP contribution in [0.25, 0.3) is 11.1 Å². The maximum atomic E-state index is 13.5. The van der Waals surface area contributed by atoms with Crippen LogP contribution in [0.1, 0.15) is 29.5 Å². The smallest absolute Gasteiger partial charge is 0.407 e. The van der Waals surface area contributed by atoms with Crippen molar-refractivity contribution in [3.63, 3.8) is 0 Å².